The zero-order valence-corrected chi connectivity index (χ0v) is 20.2. The van der Waals surface area contributed by atoms with Gasteiger partial charge < -0.3 is 25.0 Å². The number of aromatic carboxylic acids is 1. The fraction of sp³-hybridized carbons (Fsp3) is 0.455. The number of thiazole rings is 1. The molecule has 0 saturated carbocycles. The lowest BCUT2D eigenvalue weighted by molar-refractivity contribution is -0.0167. The number of hydrogen-bond donors (Lipinski definition) is 3. The second-order valence-electron chi connectivity index (χ2n) is 8.20. The summed E-state index contributed by atoms with van der Waals surface area (Å²) in [6.45, 7) is 7.00. The van der Waals surface area contributed by atoms with Crippen LogP contribution in [0, 0.1) is 0 Å². The molecule has 1 aromatic carbocycles. The molecule has 0 bridgehead atoms. The Hall–Kier alpha value is -2.69. The number of rotatable bonds is 7. The number of piperidine rings is 1. The number of carbonyl (C=O) groups is 2. The Labute approximate surface area is 200 Å². The number of H-pyrrole nitrogens is 1. The minimum absolute atomic E-state index is 0.0342. The van der Waals surface area contributed by atoms with Gasteiger partial charge in [0.1, 0.15) is 0 Å². The van der Waals surface area contributed by atoms with Crippen molar-refractivity contribution in [2.45, 2.75) is 51.9 Å². The van der Waals surface area contributed by atoms with Gasteiger partial charge in [-0.15, -0.1) is 0 Å². The monoisotopic (exact) mass is 491 g/mol. The van der Waals surface area contributed by atoms with Crippen LogP contribution in [0.4, 0.5) is 5.13 Å². The topological polar surface area (TPSA) is 120 Å². The highest BCUT2D eigenvalue weighted by atomic mass is 35.5. The summed E-state index contributed by atoms with van der Waals surface area (Å²) in [4.78, 5) is 38.2. The van der Waals surface area contributed by atoms with E-state index in [1.54, 1.807) is 12.1 Å². The number of aromatic amines is 1. The third kappa shape index (κ3) is 4.97. The molecular formula is C22H26ClN5O4S. The van der Waals surface area contributed by atoms with Gasteiger partial charge >= 0.3 is 5.97 Å². The summed E-state index contributed by atoms with van der Waals surface area (Å²) < 4.78 is 6.80. The Bertz CT molecular complexity index is 1180. The molecule has 1 amide bonds. The molecule has 3 heterocycles. The first-order valence-electron chi connectivity index (χ1n) is 10.8. The molecule has 1 fully saturated rings. The number of benzene rings is 1. The number of carboxylic acid groups (broad SMARTS) is 1. The van der Waals surface area contributed by atoms with Gasteiger partial charge in [-0.3, -0.25) is 4.79 Å². The predicted octanol–water partition coefficient (Wildman–Crippen LogP) is 3.74. The van der Waals surface area contributed by atoms with Gasteiger partial charge in [-0.2, -0.15) is 0 Å². The van der Waals surface area contributed by atoms with Gasteiger partial charge in [-0.25, -0.2) is 14.8 Å². The van der Waals surface area contributed by atoms with Crippen molar-refractivity contribution in [1.82, 2.24) is 20.3 Å². The van der Waals surface area contributed by atoms with Gasteiger partial charge in [0.15, 0.2) is 16.1 Å². The summed E-state index contributed by atoms with van der Waals surface area (Å²) in [6.07, 6.45) is 0.986. The van der Waals surface area contributed by atoms with Crippen LogP contribution >= 0.6 is 22.9 Å². The van der Waals surface area contributed by atoms with Crippen LogP contribution in [0.15, 0.2) is 18.2 Å². The highest BCUT2D eigenvalue weighted by Crippen LogP contribution is 2.33. The van der Waals surface area contributed by atoms with E-state index < -0.39 is 5.97 Å². The number of aryl methyl sites for hydroxylation is 1. The van der Waals surface area contributed by atoms with Crippen molar-refractivity contribution < 1.29 is 19.4 Å². The van der Waals surface area contributed by atoms with E-state index in [2.05, 4.69) is 25.2 Å². The Morgan fingerprint density at radius 2 is 2.18 bits per heavy atom. The van der Waals surface area contributed by atoms with Gasteiger partial charge in [0, 0.05) is 13.1 Å². The second-order valence-corrected chi connectivity index (χ2v) is 9.54. The molecule has 4 rings (SSSR count). The fourth-order valence-electron chi connectivity index (χ4n) is 3.95. The van der Waals surface area contributed by atoms with Gasteiger partial charge in [-0.1, -0.05) is 35.9 Å². The molecule has 176 valence electrons. The van der Waals surface area contributed by atoms with Gasteiger partial charge in [0.25, 0.3) is 5.91 Å². The molecule has 0 aliphatic carbocycles. The number of anilines is 1. The molecule has 9 nitrogen and oxygen atoms in total. The predicted molar refractivity (Wildman–Crippen MR) is 128 cm³/mol. The molecule has 3 N–H and O–H groups in total. The number of nitrogens with one attached hydrogen (secondary N) is 2. The zero-order valence-electron chi connectivity index (χ0n) is 18.6. The number of amides is 1. The lowest BCUT2D eigenvalue weighted by Crippen LogP contribution is -2.56. The minimum Gasteiger partial charge on any atom is -0.478 e. The molecule has 3 aromatic rings. The molecule has 2 atom stereocenters. The van der Waals surface area contributed by atoms with Crippen LogP contribution in [0.2, 0.25) is 5.15 Å². The van der Waals surface area contributed by atoms with E-state index >= 15 is 0 Å². The van der Waals surface area contributed by atoms with Crippen LogP contribution in [0.5, 0.6) is 0 Å². The van der Waals surface area contributed by atoms with Crippen LogP contribution < -0.4 is 10.2 Å². The van der Waals surface area contributed by atoms with E-state index in [0.29, 0.717) is 41.3 Å². The summed E-state index contributed by atoms with van der Waals surface area (Å²) in [5, 5.41) is 13.6. The Morgan fingerprint density at radius 3 is 2.85 bits per heavy atom. The molecule has 11 heteroatoms. The molecule has 0 spiro atoms. The summed E-state index contributed by atoms with van der Waals surface area (Å²) in [5.41, 5.74) is 1.63. The van der Waals surface area contributed by atoms with Gasteiger partial charge in [-0.05, 0) is 38.8 Å². The van der Waals surface area contributed by atoms with E-state index in [4.69, 9.17) is 16.3 Å². The van der Waals surface area contributed by atoms with Crippen molar-refractivity contribution in [3.63, 3.8) is 0 Å². The summed E-state index contributed by atoms with van der Waals surface area (Å²) in [7, 11) is 0. The van der Waals surface area contributed by atoms with E-state index in [1.807, 2.05) is 26.8 Å². The van der Waals surface area contributed by atoms with E-state index in [-0.39, 0.29) is 35.5 Å². The molecule has 0 radical (unpaired) electrons. The van der Waals surface area contributed by atoms with E-state index in [1.165, 1.54) is 11.3 Å². The lowest BCUT2D eigenvalue weighted by Gasteiger charge is -2.39. The molecule has 0 unspecified atom stereocenters. The number of ether oxygens (including phenoxy) is 1. The molecule has 1 saturated heterocycles. The number of imidazole rings is 1. The quantitative estimate of drug-likeness (QED) is 0.460. The molecule has 2 aromatic heterocycles. The van der Waals surface area contributed by atoms with Crippen molar-refractivity contribution in [2.75, 3.05) is 18.0 Å². The number of carboxylic acids is 1. The van der Waals surface area contributed by atoms with Crippen molar-refractivity contribution in [3.8, 4) is 0 Å². The largest absolute Gasteiger partial charge is 0.478 e. The van der Waals surface area contributed by atoms with Crippen LogP contribution in [0.3, 0.4) is 0 Å². The molecule has 33 heavy (non-hydrogen) atoms. The van der Waals surface area contributed by atoms with Crippen molar-refractivity contribution in [3.05, 3.63) is 40.4 Å². The summed E-state index contributed by atoms with van der Waals surface area (Å²) >= 11 is 7.44. The SMILES string of the molecule is CCc1[nH]c(C(=O)N[C@H]2CCN(c3nc4cccc(C(=O)O)c4s3)C[C@H]2OC(C)C)nc1Cl. The van der Waals surface area contributed by atoms with Gasteiger partial charge in [0.05, 0.1) is 39.7 Å². The third-order valence-corrected chi connectivity index (χ3v) is 7.00. The number of fused-ring (bicyclic) bond motifs is 1. The van der Waals surface area contributed by atoms with Crippen LogP contribution in [-0.4, -0.2) is 63.3 Å². The lowest BCUT2D eigenvalue weighted by atomic mass is 10.0. The average molecular weight is 492 g/mol. The number of hydrogen-bond acceptors (Lipinski definition) is 7. The molecule has 1 aliphatic heterocycles. The van der Waals surface area contributed by atoms with E-state index in [9.17, 15) is 14.7 Å². The van der Waals surface area contributed by atoms with Crippen molar-refractivity contribution in [1.29, 1.82) is 0 Å². The Kier molecular flexibility index (Phi) is 6.87. The zero-order chi connectivity index (χ0) is 23.7. The fourth-order valence-corrected chi connectivity index (χ4v) is 5.32. The molecular weight excluding hydrogens is 466 g/mol. The van der Waals surface area contributed by atoms with Crippen LogP contribution in [-0.2, 0) is 11.2 Å². The first kappa shape index (κ1) is 23.5. The maximum Gasteiger partial charge on any atom is 0.337 e. The minimum atomic E-state index is -0.970. The highest BCUT2D eigenvalue weighted by molar-refractivity contribution is 7.22. The maximum absolute atomic E-state index is 12.8. The number of halogens is 1. The van der Waals surface area contributed by atoms with Crippen molar-refractivity contribution >= 4 is 50.2 Å². The van der Waals surface area contributed by atoms with Gasteiger partial charge in [0.2, 0.25) is 0 Å². The Balaban J connectivity index is 1.53. The van der Waals surface area contributed by atoms with Crippen molar-refractivity contribution in [2.24, 2.45) is 0 Å². The van der Waals surface area contributed by atoms with Crippen LogP contribution in [0.1, 0.15) is 53.9 Å². The first-order chi connectivity index (χ1) is 15.8. The normalized spacial score (nSPS) is 18.8. The summed E-state index contributed by atoms with van der Waals surface area (Å²) in [5.74, 6) is -1.10. The number of aromatic nitrogens is 3. The maximum atomic E-state index is 12.8. The highest BCUT2D eigenvalue weighted by Gasteiger charge is 2.34. The molecule has 1 aliphatic rings. The third-order valence-electron chi connectivity index (χ3n) is 5.52. The first-order valence-corrected chi connectivity index (χ1v) is 12.0. The Morgan fingerprint density at radius 1 is 1.39 bits per heavy atom. The summed E-state index contributed by atoms with van der Waals surface area (Å²) in [6, 6.07) is 4.89. The average Bonchev–Trinajstić information content (AvgIpc) is 3.37. The van der Waals surface area contributed by atoms with E-state index in [0.717, 1.165) is 10.8 Å². The smallest absolute Gasteiger partial charge is 0.337 e. The second kappa shape index (κ2) is 9.66. The number of carbonyl (C=O) groups excluding carboxylic acids is 1. The standard InChI is InChI=1S/C22H26ClN5O4S/c1-4-13-18(23)27-19(24-13)20(29)25-14-8-9-28(10-16(14)32-11(2)3)22-26-15-7-5-6-12(21(30)31)17(15)33-22/h5-7,11,14,16H,4,8-10H2,1-3H3,(H,24,27)(H,25,29)(H,30,31)/t14-,16+/m0/s1. The number of nitrogens with zero attached hydrogens (tertiary/aromatic N) is 3. The van der Waals surface area contributed by atoms with Crippen LogP contribution in [0.25, 0.3) is 10.2 Å².